The van der Waals surface area contributed by atoms with Crippen LogP contribution >= 0.6 is 11.8 Å². The Morgan fingerprint density at radius 3 is 1.89 bits per heavy atom. The topological polar surface area (TPSA) is 336 Å². The van der Waals surface area contributed by atoms with Gasteiger partial charge >= 0.3 is 5.97 Å². The molecular formula is C40H63N11O9S. The minimum atomic E-state index is -1.30. The number of thioether (sulfide) groups is 1. The Morgan fingerprint density at radius 1 is 0.754 bits per heavy atom. The van der Waals surface area contributed by atoms with Gasteiger partial charge in [-0.3, -0.25) is 38.4 Å². The van der Waals surface area contributed by atoms with Gasteiger partial charge in [-0.05, 0) is 69.1 Å². The van der Waals surface area contributed by atoms with Crippen LogP contribution in [0.3, 0.4) is 0 Å². The molecule has 1 aromatic heterocycles. The average molecular weight is 874 g/mol. The third kappa shape index (κ3) is 18.7. The molecule has 1 heterocycles. The summed E-state index contributed by atoms with van der Waals surface area (Å²) in [6.45, 7) is 5.15. The first-order chi connectivity index (χ1) is 29.0. The summed E-state index contributed by atoms with van der Waals surface area (Å²) in [5, 5.41) is 25.2. The molecule has 14 N–H and O–H groups in total. The van der Waals surface area contributed by atoms with Gasteiger partial charge in [0.1, 0.15) is 36.3 Å². The van der Waals surface area contributed by atoms with Gasteiger partial charge in [0.2, 0.25) is 41.4 Å². The van der Waals surface area contributed by atoms with Crippen molar-refractivity contribution in [3.05, 3.63) is 54.1 Å². The van der Waals surface area contributed by atoms with Gasteiger partial charge in [-0.1, -0.05) is 50.6 Å². The molecule has 0 saturated carbocycles. The Bertz CT molecular complexity index is 1740. The van der Waals surface area contributed by atoms with Gasteiger partial charge in [0.05, 0.1) is 12.4 Å². The third-order valence-electron chi connectivity index (χ3n) is 9.91. The highest BCUT2D eigenvalue weighted by atomic mass is 32.2. The van der Waals surface area contributed by atoms with E-state index in [4.69, 9.17) is 17.2 Å². The number of rotatable bonds is 29. The molecule has 0 unspecified atom stereocenters. The van der Waals surface area contributed by atoms with Crippen LogP contribution in [0.2, 0.25) is 0 Å². The van der Waals surface area contributed by atoms with Crippen LogP contribution in [0, 0.1) is 5.92 Å². The van der Waals surface area contributed by atoms with E-state index < -0.39 is 95.5 Å². The number of unbranched alkanes of at least 4 members (excludes halogenated alkanes) is 1. The number of hydrogen-bond acceptors (Lipinski definition) is 12. The highest BCUT2D eigenvalue weighted by Gasteiger charge is 2.35. The summed E-state index contributed by atoms with van der Waals surface area (Å²) in [5.41, 5.74) is 18.4. The van der Waals surface area contributed by atoms with Crippen LogP contribution in [0.1, 0.15) is 77.0 Å². The van der Waals surface area contributed by atoms with Gasteiger partial charge in [-0.15, -0.1) is 0 Å². The van der Waals surface area contributed by atoms with Gasteiger partial charge in [-0.2, -0.15) is 11.8 Å². The Hall–Kier alpha value is -5.54. The van der Waals surface area contributed by atoms with Gasteiger partial charge in [0.15, 0.2) is 0 Å². The Kier molecular flexibility index (Phi) is 23.1. The summed E-state index contributed by atoms with van der Waals surface area (Å²) < 4.78 is 0. The second-order valence-corrected chi connectivity index (χ2v) is 15.8. The molecule has 0 spiro atoms. The highest BCUT2D eigenvalue weighted by molar-refractivity contribution is 7.98. The van der Waals surface area contributed by atoms with Crippen molar-refractivity contribution >= 4 is 59.1 Å². The fraction of sp³-hybridized carbons (Fsp3) is 0.575. The number of nitrogens with zero attached hydrogens (tertiary/aromatic N) is 1. The van der Waals surface area contributed by atoms with E-state index in [0.717, 1.165) is 0 Å². The lowest BCUT2D eigenvalue weighted by atomic mass is 9.96. The lowest BCUT2D eigenvalue weighted by Crippen LogP contribution is -2.61. The number of H-pyrrole nitrogens is 1. The number of amides is 7. The van der Waals surface area contributed by atoms with E-state index in [2.05, 4.69) is 41.9 Å². The number of nitrogens with one attached hydrogen (secondary N) is 7. The first-order valence-electron chi connectivity index (χ1n) is 20.3. The molecule has 2 rings (SSSR count). The SMILES string of the molecule is CC[C@H](C)[C@H](NC(=O)[C@H](CCSC)NC(=O)[C@H](CCCCN)NC(=O)[C@H](CCC(N)=O)NC(=O)[C@@H](N)Cc1cnc[nH]1)C(=O)N[C@@H](Cc1ccccc1)C(=O)N[C@@H](C)C(=O)O. The first kappa shape index (κ1) is 51.6. The molecule has 8 atom stereocenters. The van der Waals surface area contributed by atoms with Crippen molar-refractivity contribution in [3.8, 4) is 0 Å². The van der Waals surface area contributed by atoms with Crippen molar-refractivity contribution in [1.82, 2.24) is 41.9 Å². The van der Waals surface area contributed by atoms with Crippen LogP contribution in [-0.4, -0.2) is 123 Å². The van der Waals surface area contributed by atoms with Gasteiger partial charge in [0.25, 0.3) is 0 Å². The smallest absolute Gasteiger partial charge is 0.325 e. The Morgan fingerprint density at radius 2 is 1.33 bits per heavy atom. The number of aromatic amines is 1. The standard InChI is InChI=1S/C40H63N11O9S/c1-5-23(2)33(39(58)50-31(19-25-11-7-6-8-12-25)38(57)46-24(3)40(59)60)51-37(56)30(16-18-61-4)49-35(54)28(13-9-10-17-41)48-36(55)29(14-15-32(43)52)47-34(53)27(42)20-26-21-44-22-45-26/h6-8,11-12,21-24,27-31,33H,5,9-10,13-20,41-42H2,1-4H3,(H2,43,52)(H,44,45)(H,46,57)(H,47,53)(H,48,55)(H,49,54)(H,50,58)(H,51,56)(H,59,60)/t23-,24-,27-,28-,29-,30-,31-,33-/m0/s1. The second-order valence-electron chi connectivity index (χ2n) is 14.8. The number of imidazole rings is 1. The zero-order valence-electron chi connectivity index (χ0n) is 35.2. The predicted molar refractivity (Wildman–Crippen MR) is 229 cm³/mol. The molecule has 20 nitrogen and oxygen atoms in total. The molecular weight excluding hydrogens is 811 g/mol. The summed E-state index contributed by atoms with van der Waals surface area (Å²) >= 11 is 1.41. The molecule has 61 heavy (non-hydrogen) atoms. The van der Waals surface area contributed by atoms with Crippen molar-refractivity contribution < 1.29 is 43.5 Å². The summed E-state index contributed by atoms with van der Waals surface area (Å²) in [6, 6.07) is 0.400. The first-order valence-corrected chi connectivity index (χ1v) is 21.7. The Balaban J connectivity index is 2.33. The van der Waals surface area contributed by atoms with Crippen LogP contribution in [0.4, 0.5) is 0 Å². The molecule has 0 fully saturated rings. The van der Waals surface area contributed by atoms with Crippen LogP contribution in [0.25, 0.3) is 0 Å². The molecule has 0 aliphatic rings. The molecule has 2 aromatic rings. The second kappa shape index (κ2) is 27.3. The average Bonchev–Trinajstić information content (AvgIpc) is 3.74. The minimum Gasteiger partial charge on any atom is -0.480 e. The highest BCUT2D eigenvalue weighted by Crippen LogP contribution is 2.13. The fourth-order valence-electron chi connectivity index (χ4n) is 6.02. The normalized spacial score (nSPS) is 15.0. The number of carboxylic acid groups (broad SMARTS) is 1. The zero-order chi connectivity index (χ0) is 45.5. The number of aromatic nitrogens is 2. The van der Waals surface area contributed by atoms with Crippen molar-refractivity contribution in [1.29, 1.82) is 0 Å². The van der Waals surface area contributed by atoms with Gasteiger partial charge < -0.3 is 59.2 Å². The minimum absolute atomic E-state index is 0.0284. The van der Waals surface area contributed by atoms with E-state index in [0.29, 0.717) is 42.8 Å². The maximum absolute atomic E-state index is 14.0. The maximum atomic E-state index is 14.0. The Labute approximate surface area is 360 Å². The van der Waals surface area contributed by atoms with Gasteiger partial charge in [-0.25, -0.2) is 4.98 Å². The number of hydrogen-bond donors (Lipinski definition) is 11. The monoisotopic (exact) mass is 873 g/mol. The van der Waals surface area contributed by atoms with E-state index in [1.165, 1.54) is 31.2 Å². The van der Waals surface area contributed by atoms with E-state index >= 15 is 0 Å². The van der Waals surface area contributed by atoms with Crippen molar-refractivity contribution in [2.24, 2.45) is 23.1 Å². The van der Waals surface area contributed by atoms with E-state index in [9.17, 15) is 43.5 Å². The fourth-order valence-corrected chi connectivity index (χ4v) is 6.49. The number of benzene rings is 1. The molecule has 0 bridgehead atoms. The van der Waals surface area contributed by atoms with Crippen molar-refractivity contribution in [3.63, 3.8) is 0 Å². The number of nitrogens with two attached hydrogens (primary N) is 3. The summed E-state index contributed by atoms with van der Waals surface area (Å²) in [6.07, 6.45) is 5.97. The molecule has 7 amide bonds. The van der Waals surface area contributed by atoms with Crippen LogP contribution in [-0.2, 0) is 51.2 Å². The molecule has 338 valence electrons. The van der Waals surface area contributed by atoms with E-state index in [-0.39, 0.29) is 38.5 Å². The predicted octanol–water partition coefficient (Wildman–Crippen LogP) is -1.27. The molecule has 1 aromatic carbocycles. The largest absolute Gasteiger partial charge is 0.480 e. The zero-order valence-corrected chi connectivity index (χ0v) is 36.1. The summed E-state index contributed by atoms with van der Waals surface area (Å²) in [7, 11) is 0. The number of aliphatic carboxylic acids is 1. The molecule has 21 heteroatoms. The number of carbonyl (C=O) groups excluding carboxylic acids is 7. The lowest BCUT2D eigenvalue weighted by molar-refractivity contribution is -0.142. The molecule has 0 aliphatic carbocycles. The van der Waals surface area contributed by atoms with E-state index in [1.807, 2.05) is 13.2 Å². The van der Waals surface area contributed by atoms with Crippen molar-refractivity contribution in [2.45, 2.75) is 121 Å². The number of primary amides is 1. The quantitative estimate of drug-likeness (QED) is 0.0426. The molecule has 0 saturated heterocycles. The summed E-state index contributed by atoms with van der Waals surface area (Å²) in [4.78, 5) is 112. The van der Waals surface area contributed by atoms with E-state index in [1.54, 1.807) is 37.3 Å². The number of carbonyl (C=O) groups is 8. The molecule has 0 aliphatic heterocycles. The summed E-state index contributed by atoms with van der Waals surface area (Å²) in [5.74, 6) is -6.36. The van der Waals surface area contributed by atoms with Crippen molar-refractivity contribution in [2.75, 3.05) is 18.6 Å². The van der Waals surface area contributed by atoms with Crippen LogP contribution < -0.4 is 49.1 Å². The third-order valence-corrected chi connectivity index (χ3v) is 10.5. The lowest BCUT2D eigenvalue weighted by Gasteiger charge is -2.29. The van der Waals surface area contributed by atoms with Crippen LogP contribution in [0.5, 0.6) is 0 Å². The molecule has 0 radical (unpaired) electrons. The van der Waals surface area contributed by atoms with Gasteiger partial charge in [0, 0.05) is 31.2 Å². The van der Waals surface area contributed by atoms with Crippen LogP contribution in [0.15, 0.2) is 42.9 Å². The number of carboxylic acids is 1. The maximum Gasteiger partial charge on any atom is 0.325 e.